The van der Waals surface area contributed by atoms with Crippen LogP contribution in [0.3, 0.4) is 0 Å². The molecule has 0 unspecified atom stereocenters. The van der Waals surface area contributed by atoms with Crippen LogP contribution in [-0.4, -0.2) is 53.2 Å². The zero-order valence-corrected chi connectivity index (χ0v) is 18.7. The lowest BCUT2D eigenvalue weighted by molar-refractivity contribution is -0.113. The van der Waals surface area contributed by atoms with E-state index in [-0.39, 0.29) is 16.6 Å². The molecule has 0 atom stereocenters. The average Bonchev–Trinajstić information content (AvgIpc) is 3.36. The normalized spacial score (nSPS) is 11.8. The van der Waals surface area contributed by atoms with Gasteiger partial charge in [-0.2, -0.15) is 0 Å². The molecule has 3 rings (SSSR count). The highest BCUT2D eigenvalue weighted by Crippen LogP contribution is 2.25. The number of benzene rings is 1. The highest BCUT2D eigenvalue weighted by atomic mass is 32.2. The highest BCUT2D eigenvalue weighted by Gasteiger charge is 2.21. The summed E-state index contributed by atoms with van der Waals surface area (Å²) in [6.45, 7) is 4.29. The number of amides is 1. The monoisotopic (exact) mass is 449 g/mol. The minimum atomic E-state index is -3.60. The van der Waals surface area contributed by atoms with Crippen molar-refractivity contribution in [2.75, 3.05) is 25.2 Å². The minimum Gasteiger partial charge on any atom is -0.461 e. The molecule has 0 radical (unpaired) electrons. The molecule has 1 amide bonds. The van der Waals surface area contributed by atoms with Crippen LogP contribution in [0.5, 0.6) is 0 Å². The van der Waals surface area contributed by atoms with E-state index in [1.165, 1.54) is 31.9 Å². The van der Waals surface area contributed by atoms with Crippen molar-refractivity contribution in [2.24, 2.45) is 0 Å². The van der Waals surface area contributed by atoms with Gasteiger partial charge in [0.2, 0.25) is 15.9 Å². The van der Waals surface area contributed by atoms with Crippen LogP contribution in [0.4, 0.5) is 5.69 Å². The van der Waals surface area contributed by atoms with E-state index in [9.17, 15) is 13.2 Å². The van der Waals surface area contributed by atoms with E-state index in [0.717, 1.165) is 4.31 Å². The second-order valence-electron chi connectivity index (χ2n) is 6.63. The number of rotatable bonds is 8. The van der Waals surface area contributed by atoms with Gasteiger partial charge in [-0.3, -0.25) is 9.36 Å². The van der Waals surface area contributed by atoms with Crippen molar-refractivity contribution in [3.63, 3.8) is 0 Å². The topological polar surface area (TPSA) is 110 Å². The smallest absolute Gasteiger partial charge is 0.242 e. The van der Waals surface area contributed by atoms with E-state index in [4.69, 9.17) is 4.42 Å². The number of furan rings is 1. The van der Waals surface area contributed by atoms with Crippen molar-refractivity contribution in [1.82, 2.24) is 19.1 Å². The maximum atomic E-state index is 12.5. The second kappa shape index (κ2) is 9.02. The number of carbonyl (C=O) groups is 1. The molecular formula is C19H23N5O4S2. The molecule has 2 heterocycles. The zero-order chi connectivity index (χ0) is 21.9. The maximum absolute atomic E-state index is 12.5. The summed E-state index contributed by atoms with van der Waals surface area (Å²) in [6.07, 6.45) is 1.57. The summed E-state index contributed by atoms with van der Waals surface area (Å²) in [5, 5.41) is 11.6. The lowest BCUT2D eigenvalue weighted by Gasteiger charge is -2.15. The number of thioether (sulfide) groups is 1. The first-order valence-electron chi connectivity index (χ1n) is 9.17. The molecule has 0 spiro atoms. The van der Waals surface area contributed by atoms with E-state index in [1.807, 2.05) is 11.5 Å². The largest absolute Gasteiger partial charge is 0.461 e. The Morgan fingerprint density at radius 1 is 1.27 bits per heavy atom. The number of hydrogen-bond acceptors (Lipinski definition) is 7. The Morgan fingerprint density at radius 2 is 2.03 bits per heavy atom. The van der Waals surface area contributed by atoms with Crippen LogP contribution in [0.15, 0.2) is 51.1 Å². The Morgan fingerprint density at radius 3 is 2.67 bits per heavy atom. The third-order valence-electron chi connectivity index (χ3n) is 4.34. The van der Waals surface area contributed by atoms with Gasteiger partial charge in [0.15, 0.2) is 16.7 Å². The molecule has 2 aromatic heterocycles. The Hall–Kier alpha value is -2.63. The molecule has 0 aliphatic carbocycles. The van der Waals surface area contributed by atoms with E-state index in [0.29, 0.717) is 34.5 Å². The molecule has 0 aliphatic rings. The number of hydrogen-bond donors (Lipinski definition) is 1. The molecule has 0 saturated heterocycles. The summed E-state index contributed by atoms with van der Waals surface area (Å²) in [4.78, 5) is 12.6. The summed E-state index contributed by atoms with van der Waals surface area (Å²) in [7, 11) is -0.663. The average molecular weight is 450 g/mol. The molecule has 0 aliphatic heterocycles. The van der Waals surface area contributed by atoms with Crippen LogP contribution in [0.1, 0.15) is 12.5 Å². The molecule has 1 N–H and O–H groups in total. The molecule has 0 fully saturated rings. The molecule has 11 heteroatoms. The summed E-state index contributed by atoms with van der Waals surface area (Å²) < 4.78 is 33.3. The van der Waals surface area contributed by atoms with Gasteiger partial charge in [-0.1, -0.05) is 17.8 Å². The van der Waals surface area contributed by atoms with Gasteiger partial charge >= 0.3 is 0 Å². The van der Waals surface area contributed by atoms with Crippen LogP contribution in [0, 0.1) is 6.92 Å². The second-order valence-corrected chi connectivity index (χ2v) is 9.70. The van der Waals surface area contributed by atoms with E-state index >= 15 is 0 Å². The molecular weight excluding hydrogens is 426 g/mol. The van der Waals surface area contributed by atoms with Gasteiger partial charge in [-0.25, -0.2) is 12.7 Å². The van der Waals surface area contributed by atoms with Crippen LogP contribution >= 0.6 is 11.8 Å². The Kier molecular flexibility index (Phi) is 6.64. The number of aromatic nitrogens is 3. The van der Waals surface area contributed by atoms with Crippen molar-refractivity contribution < 1.29 is 17.6 Å². The van der Waals surface area contributed by atoms with Crippen LogP contribution < -0.4 is 5.32 Å². The quantitative estimate of drug-likeness (QED) is 0.527. The SMILES string of the molecule is CCn1c(SCC(=O)Nc2ccc(C)c(S(=O)(=O)N(C)C)c2)nnc1-c1ccco1. The van der Waals surface area contributed by atoms with Crippen LogP contribution in [-0.2, 0) is 21.4 Å². The Balaban J connectivity index is 1.70. The number of sulfonamides is 1. The van der Waals surface area contributed by atoms with Crippen molar-refractivity contribution in [3.05, 3.63) is 42.2 Å². The lowest BCUT2D eigenvalue weighted by Crippen LogP contribution is -2.23. The van der Waals surface area contributed by atoms with Crippen molar-refractivity contribution in [2.45, 2.75) is 30.4 Å². The van der Waals surface area contributed by atoms with Gasteiger partial charge in [0.1, 0.15) is 0 Å². The van der Waals surface area contributed by atoms with Crippen molar-refractivity contribution >= 4 is 33.4 Å². The van der Waals surface area contributed by atoms with Crippen molar-refractivity contribution in [1.29, 1.82) is 0 Å². The number of carbonyl (C=O) groups excluding carboxylic acids is 1. The standard InChI is InChI=1S/C19H23N5O4S2/c1-5-24-18(15-7-6-10-28-15)21-22-19(24)29-12-17(25)20-14-9-8-13(2)16(11-14)30(26,27)23(3)4/h6-11H,5,12H2,1-4H3,(H,20,25). The number of nitrogens with zero attached hydrogens (tertiary/aromatic N) is 4. The first kappa shape index (κ1) is 22.1. The lowest BCUT2D eigenvalue weighted by atomic mass is 10.2. The summed E-state index contributed by atoms with van der Waals surface area (Å²) in [5.74, 6) is 1.03. The maximum Gasteiger partial charge on any atom is 0.242 e. The fraction of sp³-hybridized carbons (Fsp3) is 0.316. The third kappa shape index (κ3) is 4.58. The molecule has 3 aromatic rings. The fourth-order valence-electron chi connectivity index (χ4n) is 2.75. The molecule has 160 valence electrons. The predicted molar refractivity (Wildman–Crippen MR) is 115 cm³/mol. The zero-order valence-electron chi connectivity index (χ0n) is 17.1. The van der Waals surface area contributed by atoms with Crippen LogP contribution in [0.2, 0.25) is 0 Å². The van der Waals surface area contributed by atoms with E-state index in [2.05, 4.69) is 15.5 Å². The molecule has 9 nitrogen and oxygen atoms in total. The number of aryl methyl sites for hydroxylation is 1. The van der Waals surface area contributed by atoms with Crippen LogP contribution in [0.25, 0.3) is 11.6 Å². The highest BCUT2D eigenvalue weighted by molar-refractivity contribution is 7.99. The van der Waals surface area contributed by atoms with Gasteiger partial charge in [0.05, 0.1) is 16.9 Å². The summed E-state index contributed by atoms with van der Waals surface area (Å²) >= 11 is 1.24. The molecule has 0 bridgehead atoms. The number of anilines is 1. The molecule has 1 aromatic carbocycles. The number of nitrogens with one attached hydrogen (secondary N) is 1. The third-order valence-corrected chi connectivity index (χ3v) is 7.26. The Bertz CT molecular complexity index is 1140. The van der Waals surface area contributed by atoms with Gasteiger partial charge in [-0.15, -0.1) is 10.2 Å². The molecule has 0 saturated carbocycles. The summed E-state index contributed by atoms with van der Waals surface area (Å²) in [5.41, 5.74) is 1.03. The van der Waals surface area contributed by atoms with Gasteiger partial charge in [0, 0.05) is 26.3 Å². The summed E-state index contributed by atoms with van der Waals surface area (Å²) in [6, 6.07) is 8.39. The predicted octanol–water partition coefficient (Wildman–Crippen LogP) is 2.85. The van der Waals surface area contributed by atoms with Crippen molar-refractivity contribution in [3.8, 4) is 11.6 Å². The van der Waals surface area contributed by atoms with Gasteiger partial charge < -0.3 is 9.73 Å². The van der Waals surface area contributed by atoms with E-state index < -0.39 is 10.0 Å². The fourth-order valence-corrected chi connectivity index (χ4v) is 4.69. The van der Waals surface area contributed by atoms with E-state index in [1.54, 1.807) is 37.5 Å². The first-order chi connectivity index (χ1) is 14.2. The Labute approximate surface area is 179 Å². The first-order valence-corrected chi connectivity index (χ1v) is 11.6. The molecule has 30 heavy (non-hydrogen) atoms. The van der Waals surface area contributed by atoms with Gasteiger partial charge in [-0.05, 0) is 43.7 Å². The minimum absolute atomic E-state index is 0.0972. The van der Waals surface area contributed by atoms with Gasteiger partial charge in [0.25, 0.3) is 0 Å².